The third-order valence-electron chi connectivity index (χ3n) is 6.77. The normalized spacial score (nSPS) is 11.8. The summed E-state index contributed by atoms with van der Waals surface area (Å²) < 4.78 is 2.09. The number of fused-ring (bicyclic) bond motifs is 1. The standard InChI is InChI=1S/C31H27ClN4O3/c32-24-11-9-23(10-12-24)27(19-31(37)34-17-15-25-8-4-5-16-33-25)29-21-35(20-22-6-2-1-3-7-22)30-14-13-26(36(38)39)18-28(29)30/h1-14,16,18,21,27H,15,17,19-20H2,(H,34,37)/t27-/m0/s1. The molecule has 3 aromatic carbocycles. The van der Waals surface area contributed by atoms with Gasteiger partial charge in [0.25, 0.3) is 5.69 Å². The molecule has 0 fully saturated rings. The summed E-state index contributed by atoms with van der Waals surface area (Å²) in [6.45, 7) is 1.06. The first-order valence-corrected chi connectivity index (χ1v) is 13.1. The fourth-order valence-electron chi connectivity index (χ4n) is 4.85. The Morgan fingerprint density at radius 3 is 2.49 bits per heavy atom. The number of hydrogen-bond acceptors (Lipinski definition) is 4. The Bertz CT molecular complexity index is 1590. The number of pyridine rings is 1. The summed E-state index contributed by atoms with van der Waals surface area (Å²) in [5.41, 5.74) is 4.65. The van der Waals surface area contributed by atoms with Gasteiger partial charge in [-0.25, -0.2) is 0 Å². The fraction of sp³-hybridized carbons (Fsp3) is 0.161. The number of carbonyl (C=O) groups excluding carboxylic acids is 1. The minimum atomic E-state index is -0.390. The highest BCUT2D eigenvalue weighted by atomic mass is 35.5. The predicted molar refractivity (Wildman–Crippen MR) is 153 cm³/mol. The van der Waals surface area contributed by atoms with Crippen LogP contribution in [0.1, 0.15) is 34.7 Å². The van der Waals surface area contributed by atoms with Crippen molar-refractivity contribution in [3.8, 4) is 0 Å². The van der Waals surface area contributed by atoms with E-state index in [0.29, 0.717) is 24.5 Å². The molecule has 0 unspecified atom stereocenters. The summed E-state index contributed by atoms with van der Waals surface area (Å²) in [5, 5.41) is 16.0. The van der Waals surface area contributed by atoms with E-state index in [1.807, 2.05) is 66.9 Å². The number of aromatic nitrogens is 2. The molecule has 2 aromatic heterocycles. The van der Waals surface area contributed by atoms with Crippen LogP contribution in [0.4, 0.5) is 5.69 Å². The van der Waals surface area contributed by atoms with Crippen LogP contribution in [0, 0.1) is 10.1 Å². The SMILES string of the molecule is O=C(C[C@@H](c1ccc(Cl)cc1)c1cn(Cc2ccccc2)c2ccc([N+](=O)[O-])cc12)NCCc1ccccn1. The van der Waals surface area contributed by atoms with E-state index in [1.54, 1.807) is 30.5 Å². The Kier molecular flexibility index (Phi) is 7.99. The number of nitro groups is 1. The first kappa shape index (κ1) is 26.1. The van der Waals surface area contributed by atoms with Crippen molar-refractivity contribution in [2.75, 3.05) is 6.54 Å². The molecule has 1 N–H and O–H groups in total. The molecule has 8 heteroatoms. The number of carbonyl (C=O) groups is 1. The number of amides is 1. The molecular formula is C31H27ClN4O3. The van der Waals surface area contributed by atoms with Crippen LogP contribution >= 0.6 is 11.6 Å². The molecule has 1 atom stereocenters. The van der Waals surface area contributed by atoms with Gasteiger partial charge in [0.1, 0.15) is 0 Å². The summed E-state index contributed by atoms with van der Waals surface area (Å²) in [7, 11) is 0. The van der Waals surface area contributed by atoms with Crippen LogP contribution in [0.2, 0.25) is 5.02 Å². The lowest BCUT2D eigenvalue weighted by Gasteiger charge is -2.17. The average Bonchev–Trinajstić information content (AvgIpc) is 3.30. The second kappa shape index (κ2) is 11.9. The van der Waals surface area contributed by atoms with E-state index in [9.17, 15) is 14.9 Å². The lowest BCUT2D eigenvalue weighted by Crippen LogP contribution is -2.27. The molecular weight excluding hydrogens is 512 g/mol. The van der Waals surface area contributed by atoms with Crippen molar-refractivity contribution < 1.29 is 9.72 Å². The number of nitrogens with one attached hydrogen (secondary N) is 1. The molecule has 39 heavy (non-hydrogen) atoms. The number of benzene rings is 3. The van der Waals surface area contributed by atoms with Crippen molar-refractivity contribution >= 4 is 34.1 Å². The van der Waals surface area contributed by atoms with Gasteiger partial charge in [-0.3, -0.25) is 19.9 Å². The van der Waals surface area contributed by atoms with Gasteiger partial charge in [0.2, 0.25) is 5.91 Å². The van der Waals surface area contributed by atoms with Crippen molar-refractivity contribution in [2.45, 2.75) is 25.3 Å². The summed E-state index contributed by atoms with van der Waals surface area (Å²) in [5.74, 6) is -0.445. The highest BCUT2D eigenvalue weighted by Gasteiger charge is 2.24. The zero-order valence-corrected chi connectivity index (χ0v) is 21.9. The van der Waals surface area contributed by atoms with Crippen LogP contribution in [0.25, 0.3) is 10.9 Å². The van der Waals surface area contributed by atoms with Gasteiger partial charge >= 0.3 is 0 Å². The maximum Gasteiger partial charge on any atom is 0.270 e. The van der Waals surface area contributed by atoms with Gasteiger partial charge in [0, 0.05) is 78.0 Å². The third-order valence-corrected chi connectivity index (χ3v) is 7.02. The number of hydrogen-bond donors (Lipinski definition) is 1. The van der Waals surface area contributed by atoms with Crippen molar-refractivity contribution in [3.63, 3.8) is 0 Å². The Hall–Kier alpha value is -4.49. The zero-order chi connectivity index (χ0) is 27.2. The van der Waals surface area contributed by atoms with E-state index < -0.39 is 0 Å². The Morgan fingerprint density at radius 2 is 1.77 bits per heavy atom. The van der Waals surface area contributed by atoms with E-state index in [0.717, 1.165) is 33.3 Å². The molecule has 5 rings (SSSR count). The predicted octanol–water partition coefficient (Wildman–Crippen LogP) is 6.53. The number of nitrogens with zero attached hydrogens (tertiary/aromatic N) is 3. The van der Waals surface area contributed by atoms with Gasteiger partial charge in [-0.2, -0.15) is 0 Å². The van der Waals surface area contributed by atoms with Gasteiger partial charge in [-0.1, -0.05) is 60.1 Å². The maximum absolute atomic E-state index is 13.2. The van der Waals surface area contributed by atoms with Crippen LogP contribution in [0.3, 0.4) is 0 Å². The first-order valence-electron chi connectivity index (χ1n) is 12.7. The number of rotatable bonds is 10. The highest BCUT2D eigenvalue weighted by molar-refractivity contribution is 6.30. The van der Waals surface area contributed by atoms with Gasteiger partial charge in [-0.05, 0) is 47.0 Å². The van der Waals surface area contributed by atoms with E-state index in [2.05, 4.69) is 14.9 Å². The van der Waals surface area contributed by atoms with E-state index >= 15 is 0 Å². The third kappa shape index (κ3) is 6.33. The molecule has 0 spiro atoms. The van der Waals surface area contributed by atoms with Crippen molar-refractivity contribution in [1.82, 2.24) is 14.9 Å². The molecule has 1 amide bonds. The van der Waals surface area contributed by atoms with Crippen molar-refractivity contribution in [1.29, 1.82) is 0 Å². The second-order valence-electron chi connectivity index (χ2n) is 9.39. The topological polar surface area (TPSA) is 90.1 Å². The van der Waals surface area contributed by atoms with Crippen LogP contribution in [-0.4, -0.2) is 26.9 Å². The summed E-state index contributed by atoms with van der Waals surface area (Å²) in [4.78, 5) is 28.8. The minimum Gasteiger partial charge on any atom is -0.356 e. The lowest BCUT2D eigenvalue weighted by molar-refractivity contribution is -0.384. The summed E-state index contributed by atoms with van der Waals surface area (Å²) in [6, 6.07) is 28.1. The van der Waals surface area contributed by atoms with Crippen LogP contribution in [0.15, 0.2) is 103 Å². The first-order chi connectivity index (χ1) is 19.0. The maximum atomic E-state index is 13.2. The van der Waals surface area contributed by atoms with Gasteiger partial charge in [-0.15, -0.1) is 0 Å². The Morgan fingerprint density at radius 1 is 1.00 bits per heavy atom. The molecule has 0 saturated heterocycles. The number of nitro benzene ring substituents is 1. The minimum absolute atomic E-state index is 0.0101. The van der Waals surface area contributed by atoms with Gasteiger partial charge < -0.3 is 9.88 Å². The Balaban J connectivity index is 1.51. The van der Waals surface area contributed by atoms with Crippen LogP contribution in [-0.2, 0) is 17.8 Å². The molecule has 196 valence electrons. The molecule has 5 aromatic rings. The van der Waals surface area contributed by atoms with Gasteiger partial charge in [0.05, 0.1) is 4.92 Å². The highest BCUT2D eigenvalue weighted by Crippen LogP contribution is 2.37. The Labute approximate surface area is 231 Å². The molecule has 0 saturated carbocycles. The van der Waals surface area contributed by atoms with E-state index in [1.165, 1.54) is 6.07 Å². The molecule has 0 radical (unpaired) electrons. The monoisotopic (exact) mass is 538 g/mol. The van der Waals surface area contributed by atoms with E-state index in [-0.39, 0.29) is 28.9 Å². The molecule has 0 aliphatic rings. The largest absolute Gasteiger partial charge is 0.356 e. The van der Waals surface area contributed by atoms with E-state index in [4.69, 9.17) is 11.6 Å². The lowest BCUT2D eigenvalue weighted by atomic mass is 9.88. The molecule has 2 heterocycles. The molecule has 7 nitrogen and oxygen atoms in total. The zero-order valence-electron chi connectivity index (χ0n) is 21.2. The van der Waals surface area contributed by atoms with Crippen LogP contribution in [0.5, 0.6) is 0 Å². The average molecular weight is 539 g/mol. The smallest absolute Gasteiger partial charge is 0.270 e. The molecule has 0 bridgehead atoms. The van der Waals surface area contributed by atoms with Crippen molar-refractivity contribution in [3.05, 3.63) is 141 Å². The summed E-state index contributed by atoms with van der Waals surface area (Å²) >= 11 is 6.18. The fourth-order valence-corrected chi connectivity index (χ4v) is 4.98. The molecule has 0 aliphatic heterocycles. The molecule has 0 aliphatic carbocycles. The number of halogens is 1. The quantitative estimate of drug-likeness (QED) is 0.162. The van der Waals surface area contributed by atoms with Gasteiger partial charge in [0.15, 0.2) is 0 Å². The van der Waals surface area contributed by atoms with Crippen molar-refractivity contribution in [2.24, 2.45) is 0 Å². The number of non-ortho nitro benzene ring substituents is 1. The second-order valence-corrected chi connectivity index (χ2v) is 9.82. The van der Waals surface area contributed by atoms with Crippen LogP contribution < -0.4 is 5.32 Å². The summed E-state index contributed by atoms with van der Waals surface area (Å²) in [6.07, 6.45) is 4.55.